The summed E-state index contributed by atoms with van der Waals surface area (Å²) in [7, 11) is 0. The molecule has 1 saturated carbocycles. The Kier molecular flexibility index (Phi) is 5.35. The quantitative estimate of drug-likeness (QED) is 0.862. The van der Waals surface area contributed by atoms with Crippen molar-refractivity contribution in [2.45, 2.75) is 70.8 Å². The second-order valence-electron chi connectivity index (χ2n) is 7.70. The van der Waals surface area contributed by atoms with Crippen molar-refractivity contribution in [2.75, 3.05) is 11.9 Å². The van der Waals surface area contributed by atoms with Gasteiger partial charge in [-0.1, -0.05) is 31.4 Å². The Balaban J connectivity index is 2.23. The Labute approximate surface area is 139 Å². The molecule has 0 aliphatic heterocycles. The smallest absolute Gasteiger partial charge is 0.412 e. The lowest BCUT2D eigenvalue weighted by molar-refractivity contribution is 0.0636. The zero-order valence-corrected chi connectivity index (χ0v) is 14.9. The number of anilines is 1. The van der Waals surface area contributed by atoms with Crippen molar-refractivity contribution in [3.63, 3.8) is 0 Å². The van der Waals surface area contributed by atoms with Crippen LogP contribution < -0.4 is 11.1 Å². The molecule has 1 amide bonds. The molecule has 0 aromatic heterocycles. The van der Waals surface area contributed by atoms with Gasteiger partial charge in [0.15, 0.2) is 0 Å². The number of aryl methyl sites for hydroxylation is 1. The van der Waals surface area contributed by atoms with Gasteiger partial charge in [-0.2, -0.15) is 0 Å². The summed E-state index contributed by atoms with van der Waals surface area (Å²) in [5.41, 5.74) is 8.76. The molecule has 0 saturated heterocycles. The third kappa shape index (κ3) is 4.47. The summed E-state index contributed by atoms with van der Waals surface area (Å²) in [6, 6.07) is 6.30. The molecule has 1 fully saturated rings. The number of amides is 1. The minimum absolute atomic E-state index is 0.0519. The highest BCUT2D eigenvalue weighted by molar-refractivity contribution is 5.86. The molecule has 0 spiro atoms. The van der Waals surface area contributed by atoms with Gasteiger partial charge in [0.25, 0.3) is 0 Å². The van der Waals surface area contributed by atoms with Gasteiger partial charge in [-0.15, -0.1) is 0 Å². The maximum absolute atomic E-state index is 12.1. The summed E-state index contributed by atoms with van der Waals surface area (Å²) < 4.78 is 5.36. The van der Waals surface area contributed by atoms with Crippen LogP contribution in [0.15, 0.2) is 18.2 Å². The largest absolute Gasteiger partial charge is 0.444 e. The molecule has 4 heteroatoms. The van der Waals surface area contributed by atoms with E-state index < -0.39 is 11.7 Å². The molecule has 128 valence electrons. The first-order valence-corrected chi connectivity index (χ1v) is 8.57. The highest BCUT2D eigenvalue weighted by Gasteiger charge is 2.32. The minimum atomic E-state index is -0.503. The van der Waals surface area contributed by atoms with Gasteiger partial charge >= 0.3 is 6.09 Å². The van der Waals surface area contributed by atoms with Crippen LogP contribution in [-0.2, 0) is 10.2 Å². The molecular formula is C19H30N2O2. The van der Waals surface area contributed by atoms with Crippen LogP contribution in [0.2, 0.25) is 0 Å². The van der Waals surface area contributed by atoms with E-state index in [0.29, 0.717) is 6.54 Å². The van der Waals surface area contributed by atoms with Gasteiger partial charge in [0, 0.05) is 17.6 Å². The zero-order chi connectivity index (χ0) is 17.1. The first-order chi connectivity index (χ1) is 10.8. The molecule has 2 rings (SSSR count). The summed E-state index contributed by atoms with van der Waals surface area (Å²) in [6.45, 7) is 8.23. The molecule has 3 N–H and O–H groups in total. The molecule has 0 radical (unpaired) electrons. The summed E-state index contributed by atoms with van der Waals surface area (Å²) in [5.74, 6) is 0. The Morgan fingerprint density at radius 2 is 1.91 bits per heavy atom. The molecular weight excluding hydrogens is 288 g/mol. The van der Waals surface area contributed by atoms with E-state index in [9.17, 15) is 4.79 Å². The van der Waals surface area contributed by atoms with Gasteiger partial charge in [-0.3, -0.25) is 5.32 Å². The monoisotopic (exact) mass is 318 g/mol. The van der Waals surface area contributed by atoms with E-state index in [1.807, 2.05) is 27.7 Å². The molecule has 0 unspecified atom stereocenters. The van der Waals surface area contributed by atoms with E-state index in [1.165, 1.54) is 24.8 Å². The van der Waals surface area contributed by atoms with E-state index in [0.717, 1.165) is 24.1 Å². The number of rotatable bonds is 3. The first-order valence-electron chi connectivity index (χ1n) is 8.57. The first kappa shape index (κ1) is 17.8. The lowest BCUT2D eigenvalue weighted by atomic mass is 9.69. The Morgan fingerprint density at radius 1 is 1.26 bits per heavy atom. The average Bonchev–Trinajstić information content (AvgIpc) is 2.48. The van der Waals surface area contributed by atoms with Gasteiger partial charge in [0.2, 0.25) is 0 Å². The molecule has 23 heavy (non-hydrogen) atoms. The fraction of sp³-hybridized carbons (Fsp3) is 0.632. The maximum Gasteiger partial charge on any atom is 0.412 e. The predicted octanol–water partition coefficient (Wildman–Crippen LogP) is 4.50. The van der Waals surface area contributed by atoms with Crippen molar-refractivity contribution in [1.82, 2.24) is 0 Å². The van der Waals surface area contributed by atoms with Gasteiger partial charge in [-0.25, -0.2) is 4.79 Å². The lowest BCUT2D eigenvalue weighted by Gasteiger charge is -2.37. The molecule has 1 aromatic rings. The van der Waals surface area contributed by atoms with E-state index in [-0.39, 0.29) is 5.41 Å². The highest BCUT2D eigenvalue weighted by atomic mass is 16.6. The number of carbonyl (C=O) groups excluding carboxylic acids is 1. The van der Waals surface area contributed by atoms with Crippen molar-refractivity contribution in [3.8, 4) is 0 Å². The SMILES string of the molecule is Cc1ccc(C2(CN)CCCCC2)cc1NC(=O)OC(C)(C)C. The summed E-state index contributed by atoms with van der Waals surface area (Å²) >= 11 is 0. The van der Waals surface area contributed by atoms with Gasteiger partial charge in [0.05, 0.1) is 0 Å². The fourth-order valence-corrected chi connectivity index (χ4v) is 3.34. The third-order valence-corrected chi connectivity index (χ3v) is 4.69. The number of benzene rings is 1. The molecule has 1 aromatic carbocycles. The summed E-state index contributed by atoms with van der Waals surface area (Å²) in [4.78, 5) is 12.1. The molecule has 0 atom stereocenters. The van der Waals surface area contributed by atoms with E-state index in [4.69, 9.17) is 10.5 Å². The number of ether oxygens (including phenoxy) is 1. The number of carbonyl (C=O) groups is 1. The number of hydrogen-bond acceptors (Lipinski definition) is 3. The van der Waals surface area contributed by atoms with Crippen molar-refractivity contribution in [2.24, 2.45) is 5.73 Å². The molecule has 0 heterocycles. The standard InChI is InChI=1S/C19H30N2O2/c1-14-8-9-15(19(13-20)10-6-5-7-11-19)12-16(14)21-17(22)23-18(2,3)4/h8-9,12H,5-7,10-11,13,20H2,1-4H3,(H,21,22). The highest BCUT2D eigenvalue weighted by Crippen LogP contribution is 2.39. The van der Waals surface area contributed by atoms with E-state index in [1.54, 1.807) is 0 Å². The summed E-state index contributed by atoms with van der Waals surface area (Å²) in [5, 5.41) is 2.89. The Hall–Kier alpha value is -1.55. The molecule has 0 bridgehead atoms. The fourth-order valence-electron chi connectivity index (χ4n) is 3.34. The Morgan fingerprint density at radius 3 is 2.48 bits per heavy atom. The number of hydrogen-bond donors (Lipinski definition) is 2. The third-order valence-electron chi connectivity index (χ3n) is 4.69. The minimum Gasteiger partial charge on any atom is -0.444 e. The van der Waals surface area contributed by atoms with Crippen molar-refractivity contribution < 1.29 is 9.53 Å². The second-order valence-corrected chi connectivity index (χ2v) is 7.70. The van der Waals surface area contributed by atoms with Crippen LogP contribution in [0.1, 0.15) is 64.0 Å². The summed E-state index contributed by atoms with van der Waals surface area (Å²) in [6.07, 6.45) is 5.57. The maximum atomic E-state index is 12.1. The predicted molar refractivity (Wildman–Crippen MR) is 94.9 cm³/mol. The van der Waals surface area contributed by atoms with Gasteiger partial charge in [0.1, 0.15) is 5.60 Å². The molecule has 4 nitrogen and oxygen atoms in total. The van der Waals surface area contributed by atoms with Crippen LogP contribution in [0.5, 0.6) is 0 Å². The van der Waals surface area contributed by atoms with Crippen LogP contribution in [0.4, 0.5) is 10.5 Å². The van der Waals surface area contributed by atoms with E-state index in [2.05, 4.69) is 23.5 Å². The van der Waals surface area contributed by atoms with Gasteiger partial charge in [-0.05, 0) is 57.7 Å². The van der Waals surface area contributed by atoms with Crippen LogP contribution in [0, 0.1) is 6.92 Å². The van der Waals surface area contributed by atoms with Crippen LogP contribution in [0.25, 0.3) is 0 Å². The van der Waals surface area contributed by atoms with Crippen LogP contribution >= 0.6 is 0 Å². The van der Waals surface area contributed by atoms with Crippen molar-refractivity contribution in [3.05, 3.63) is 29.3 Å². The number of nitrogens with two attached hydrogens (primary N) is 1. The topological polar surface area (TPSA) is 64.3 Å². The average molecular weight is 318 g/mol. The molecule has 1 aliphatic rings. The Bertz CT molecular complexity index is 555. The molecule has 1 aliphatic carbocycles. The van der Waals surface area contributed by atoms with E-state index >= 15 is 0 Å². The van der Waals surface area contributed by atoms with Crippen molar-refractivity contribution >= 4 is 11.8 Å². The normalized spacial score (nSPS) is 17.6. The second kappa shape index (κ2) is 6.91. The lowest BCUT2D eigenvalue weighted by Crippen LogP contribution is -2.37. The van der Waals surface area contributed by atoms with Crippen LogP contribution in [0.3, 0.4) is 0 Å². The zero-order valence-electron chi connectivity index (χ0n) is 14.9. The van der Waals surface area contributed by atoms with Crippen LogP contribution in [-0.4, -0.2) is 18.2 Å². The van der Waals surface area contributed by atoms with Crippen molar-refractivity contribution in [1.29, 1.82) is 0 Å². The number of nitrogens with one attached hydrogen (secondary N) is 1. The van der Waals surface area contributed by atoms with Gasteiger partial charge < -0.3 is 10.5 Å².